The summed E-state index contributed by atoms with van der Waals surface area (Å²) in [7, 11) is 1.65. The van der Waals surface area contributed by atoms with Gasteiger partial charge in [-0.1, -0.05) is 31.4 Å². The number of hydrogen-bond acceptors (Lipinski definition) is 4. The summed E-state index contributed by atoms with van der Waals surface area (Å²) in [6, 6.07) is 9.84. The van der Waals surface area contributed by atoms with Gasteiger partial charge in [0, 0.05) is 18.2 Å². The van der Waals surface area contributed by atoms with Gasteiger partial charge in [-0.3, -0.25) is 14.3 Å². The molecule has 1 aromatic heterocycles. The Morgan fingerprint density at radius 2 is 1.87 bits per heavy atom. The smallest absolute Gasteiger partial charge is 0.271 e. The summed E-state index contributed by atoms with van der Waals surface area (Å²) in [4.78, 5) is 25.8. The summed E-state index contributed by atoms with van der Waals surface area (Å²) in [6.45, 7) is 4.45. The SMILES string of the molecule is COc1ccc(C2(C(=O)N[C@H]3Cc4cc(C(=O)NC(C)C)nn4C3)CCCCC2)cc1. The van der Waals surface area contributed by atoms with Gasteiger partial charge in [0.15, 0.2) is 0 Å². The molecule has 0 saturated heterocycles. The third-order valence-electron chi connectivity index (χ3n) is 6.48. The zero-order valence-electron chi connectivity index (χ0n) is 18.6. The lowest BCUT2D eigenvalue weighted by Gasteiger charge is -2.37. The molecule has 7 nitrogen and oxygen atoms in total. The maximum absolute atomic E-state index is 13.6. The maximum Gasteiger partial charge on any atom is 0.271 e. The molecule has 166 valence electrons. The van der Waals surface area contributed by atoms with Crippen LogP contribution in [-0.2, 0) is 23.2 Å². The third-order valence-corrected chi connectivity index (χ3v) is 6.48. The van der Waals surface area contributed by atoms with E-state index in [0.717, 1.165) is 42.7 Å². The molecule has 31 heavy (non-hydrogen) atoms. The van der Waals surface area contributed by atoms with E-state index in [1.54, 1.807) is 7.11 Å². The summed E-state index contributed by atoms with van der Waals surface area (Å²) >= 11 is 0. The summed E-state index contributed by atoms with van der Waals surface area (Å²) < 4.78 is 7.14. The minimum atomic E-state index is -0.489. The topological polar surface area (TPSA) is 85.2 Å². The number of rotatable bonds is 6. The molecular weight excluding hydrogens is 392 g/mol. The fraction of sp³-hybridized carbons (Fsp3) is 0.542. The molecular formula is C24H32N4O3. The van der Waals surface area contributed by atoms with Crippen LogP contribution in [0.2, 0.25) is 0 Å². The lowest BCUT2D eigenvalue weighted by atomic mass is 9.68. The summed E-state index contributed by atoms with van der Waals surface area (Å²) in [5.41, 5.74) is 2.00. The average Bonchev–Trinajstić information content (AvgIpc) is 3.32. The largest absolute Gasteiger partial charge is 0.497 e. The Kier molecular flexibility index (Phi) is 6.03. The van der Waals surface area contributed by atoms with Gasteiger partial charge in [0.05, 0.1) is 25.1 Å². The molecule has 2 heterocycles. The quantitative estimate of drug-likeness (QED) is 0.747. The highest BCUT2D eigenvalue weighted by Gasteiger charge is 2.42. The monoisotopic (exact) mass is 424 g/mol. The van der Waals surface area contributed by atoms with Crippen molar-refractivity contribution in [2.24, 2.45) is 0 Å². The Morgan fingerprint density at radius 3 is 2.48 bits per heavy atom. The highest BCUT2D eigenvalue weighted by molar-refractivity contribution is 5.92. The highest BCUT2D eigenvalue weighted by atomic mass is 16.5. The van der Waals surface area contributed by atoms with Gasteiger partial charge < -0.3 is 15.4 Å². The predicted octanol–water partition coefficient (Wildman–Crippen LogP) is 2.97. The molecule has 1 aliphatic heterocycles. The van der Waals surface area contributed by atoms with Crippen molar-refractivity contribution in [1.29, 1.82) is 0 Å². The Hall–Kier alpha value is -2.83. The minimum absolute atomic E-state index is 0.00531. The van der Waals surface area contributed by atoms with Crippen LogP contribution in [0.1, 0.15) is 67.7 Å². The first-order valence-electron chi connectivity index (χ1n) is 11.2. The lowest BCUT2D eigenvalue weighted by molar-refractivity contribution is -0.128. The summed E-state index contributed by atoms with van der Waals surface area (Å²) in [6.07, 6.45) is 5.70. The van der Waals surface area contributed by atoms with Crippen molar-refractivity contribution in [1.82, 2.24) is 20.4 Å². The molecule has 0 unspecified atom stereocenters. The van der Waals surface area contributed by atoms with Gasteiger partial charge in [0.25, 0.3) is 5.91 Å². The van der Waals surface area contributed by atoms with Crippen molar-refractivity contribution < 1.29 is 14.3 Å². The molecule has 0 radical (unpaired) electrons. The Labute approximate surface area is 183 Å². The van der Waals surface area contributed by atoms with Crippen molar-refractivity contribution >= 4 is 11.8 Å². The van der Waals surface area contributed by atoms with Gasteiger partial charge in [0.2, 0.25) is 5.91 Å². The second-order valence-corrected chi connectivity index (χ2v) is 9.08. The number of amides is 2. The molecule has 1 aliphatic carbocycles. The first-order chi connectivity index (χ1) is 14.9. The molecule has 2 aliphatic rings. The number of carbonyl (C=O) groups excluding carboxylic acids is 2. The van der Waals surface area contributed by atoms with E-state index in [1.807, 2.05) is 48.9 Å². The zero-order chi connectivity index (χ0) is 22.0. The number of methoxy groups -OCH3 is 1. The normalized spacial score (nSPS) is 19.7. The third kappa shape index (κ3) is 4.31. The van der Waals surface area contributed by atoms with Gasteiger partial charge in [-0.15, -0.1) is 0 Å². The van der Waals surface area contributed by atoms with Gasteiger partial charge in [0.1, 0.15) is 11.4 Å². The number of aromatic nitrogens is 2. The van der Waals surface area contributed by atoms with E-state index in [-0.39, 0.29) is 23.9 Å². The standard InChI is InChI=1S/C24H32N4O3/c1-16(2)25-22(29)21-14-19-13-18(15-28(19)27-21)26-23(30)24(11-5-4-6-12-24)17-7-9-20(31-3)10-8-17/h7-10,14,16,18H,4-6,11-13,15H2,1-3H3,(H,25,29)(H,26,30)/t18-/m0/s1. The fourth-order valence-corrected chi connectivity index (χ4v) is 4.88. The molecule has 2 aromatic rings. The first kappa shape index (κ1) is 21.4. The second-order valence-electron chi connectivity index (χ2n) is 9.08. The molecule has 2 N–H and O–H groups in total. The number of fused-ring (bicyclic) bond motifs is 1. The van der Waals surface area contributed by atoms with Crippen LogP contribution in [-0.4, -0.2) is 40.8 Å². The Bertz CT molecular complexity index is 919. The molecule has 0 bridgehead atoms. The zero-order valence-corrected chi connectivity index (χ0v) is 18.6. The van der Waals surface area contributed by atoms with E-state index >= 15 is 0 Å². The van der Waals surface area contributed by atoms with Crippen LogP contribution in [0.4, 0.5) is 0 Å². The lowest BCUT2D eigenvalue weighted by Crippen LogP contribution is -2.49. The Balaban J connectivity index is 1.46. The number of hydrogen-bond donors (Lipinski definition) is 2. The van der Waals surface area contributed by atoms with Crippen LogP contribution in [0.25, 0.3) is 0 Å². The summed E-state index contributed by atoms with van der Waals surface area (Å²) in [5.74, 6) is 0.748. The minimum Gasteiger partial charge on any atom is -0.497 e. The van der Waals surface area contributed by atoms with Crippen molar-refractivity contribution in [3.05, 3.63) is 47.3 Å². The van der Waals surface area contributed by atoms with Crippen molar-refractivity contribution in [3.63, 3.8) is 0 Å². The van der Waals surface area contributed by atoms with Crippen molar-refractivity contribution in [3.8, 4) is 5.75 Å². The molecule has 0 spiro atoms. The maximum atomic E-state index is 13.6. The van der Waals surface area contributed by atoms with E-state index in [4.69, 9.17) is 4.74 Å². The van der Waals surface area contributed by atoms with Gasteiger partial charge in [-0.2, -0.15) is 5.10 Å². The van der Waals surface area contributed by atoms with Gasteiger partial charge >= 0.3 is 0 Å². The van der Waals surface area contributed by atoms with Crippen LogP contribution in [0.3, 0.4) is 0 Å². The van der Waals surface area contributed by atoms with Crippen LogP contribution in [0.15, 0.2) is 30.3 Å². The number of nitrogens with zero attached hydrogens (tertiary/aromatic N) is 2. The number of nitrogens with one attached hydrogen (secondary N) is 2. The summed E-state index contributed by atoms with van der Waals surface area (Å²) in [5, 5.41) is 10.6. The molecule has 1 fully saturated rings. The van der Waals surface area contributed by atoms with Crippen molar-refractivity contribution in [2.45, 2.75) is 76.4 Å². The fourth-order valence-electron chi connectivity index (χ4n) is 4.88. The van der Waals surface area contributed by atoms with E-state index in [9.17, 15) is 9.59 Å². The average molecular weight is 425 g/mol. The molecule has 1 saturated carbocycles. The molecule has 2 amide bonds. The van der Waals surface area contributed by atoms with E-state index in [1.165, 1.54) is 6.42 Å². The molecule has 7 heteroatoms. The van der Waals surface area contributed by atoms with E-state index in [0.29, 0.717) is 18.7 Å². The van der Waals surface area contributed by atoms with Crippen LogP contribution in [0, 0.1) is 0 Å². The highest BCUT2D eigenvalue weighted by Crippen LogP contribution is 2.40. The second kappa shape index (κ2) is 8.73. The molecule has 4 rings (SSSR count). The van der Waals surface area contributed by atoms with Crippen LogP contribution >= 0.6 is 0 Å². The van der Waals surface area contributed by atoms with Gasteiger partial charge in [-0.05, 0) is 50.5 Å². The van der Waals surface area contributed by atoms with Crippen LogP contribution < -0.4 is 15.4 Å². The van der Waals surface area contributed by atoms with E-state index in [2.05, 4.69) is 15.7 Å². The molecule has 1 aromatic carbocycles. The molecule has 1 atom stereocenters. The Morgan fingerprint density at radius 1 is 1.16 bits per heavy atom. The predicted molar refractivity (Wildman–Crippen MR) is 118 cm³/mol. The number of carbonyl (C=O) groups is 2. The van der Waals surface area contributed by atoms with Crippen LogP contribution in [0.5, 0.6) is 5.75 Å². The first-order valence-corrected chi connectivity index (χ1v) is 11.2. The van der Waals surface area contributed by atoms with E-state index < -0.39 is 5.41 Å². The number of ether oxygens (including phenoxy) is 1. The number of benzene rings is 1. The van der Waals surface area contributed by atoms with Gasteiger partial charge in [-0.25, -0.2) is 0 Å². The van der Waals surface area contributed by atoms with Crippen molar-refractivity contribution in [2.75, 3.05) is 7.11 Å².